The fraction of sp³-hybridized carbons (Fsp3) is 0.292. The lowest BCUT2D eigenvalue weighted by atomic mass is 10.2. The van der Waals surface area contributed by atoms with E-state index in [0.717, 1.165) is 11.1 Å². The van der Waals surface area contributed by atoms with Crippen molar-refractivity contribution in [3.05, 3.63) is 70.8 Å². The van der Waals surface area contributed by atoms with E-state index in [-0.39, 0.29) is 24.8 Å². The number of anilines is 1. The molecule has 0 aromatic heterocycles. The van der Waals surface area contributed by atoms with E-state index in [1.54, 1.807) is 51.1 Å². The van der Waals surface area contributed by atoms with Gasteiger partial charge >= 0.3 is 6.09 Å². The summed E-state index contributed by atoms with van der Waals surface area (Å²) < 4.78 is 5.12. The van der Waals surface area contributed by atoms with Crippen molar-refractivity contribution in [1.29, 1.82) is 0 Å². The first-order valence-corrected chi connectivity index (χ1v) is 10.6. The second-order valence-electron chi connectivity index (χ2n) is 8.00. The molecule has 3 N–H and O–H groups in total. The third kappa shape index (κ3) is 9.66. The zero-order valence-electron chi connectivity index (χ0n) is 18.4. The van der Waals surface area contributed by atoms with Crippen LogP contribution in [0.1, 0.15) is 38.3 Å². The number of benzene rings is 2. The lowest BCUT2D eigenvalue weighted by molar-refractivity contribution is -0.117. The molecule has 2 aromatic rings. The van der Waals surface area contributed by atoms with Crippen molar-refractivity contribution >= 4 is 41.3 Å². The van der Waals surface area contributed by atoms with Crippen LogP contribution in [0.4, 0.5) is 10.5 Å². The van der Waals surface area contributed by atoms with Crippen LogP contribution >= 0.6 is 11.6 Å². The number of carbonyl (C=O) groups excluding carboxylic acids is 3. The van der Waals surface area contributed by atoms with Gasteiger partial charge in [-0.15, -0.1) is 0 Å². The highest BCUT2D eigenvalue weighted by molar-refractivity contribution is 6.32. The van der Waals surface area contributed by atoms with Crippen LogP contribution in [0.15, 0.2) is 54.6 Å². The average Bonchev–Trinajstić information content (AvgIpc) is 2.70. The molecule has 0 heterocycles. The minimum atomic E-state index is -0.591. The molecule has 0 aliphatic heterocycles. The third-order valence-electron chi connectivity index (χ3n) is 4.02. The SMILES string of the molecule is CC(C)(C)OC(=O)NCCC(=O)Nc1cccc(CNC(=O)/C=C/c2ccccc2Cl)c1. The molecule has 0 spiro atoms. The molecule has 0 fully saturated rings. The Kier molecular flexibility index (Phi) is 9.28. The van der Waals surface area contributed by atoms with Crippen LogP contribution < -0.4 is 16.0 Å². The molecule has 0 unspecified atom stereocenters. The van der Waals surface area contributed by atoms with Crippen LogP contribution in [0.3, 0.4) is 0 Å². The molecule has 2 aromatic carbocycles. The lowest BCUT2D eigenvalue weighted by Gasteiger charge is -2.19. The Morgan fingerprint density at radius 1 is 1.03 bits per heavy atom. The molecule has 0 radical (unpaired) electrons. The summed E-state index contributed by atoms with van der Waals surface area (Å²) in [5.74, 6) is -0.502. The summed E-state index contributed by atoms with van der Waals surface area (Å²) in [6.45, 7) is 5.77. The van der Waals surface area contributed by atoms with Crippen molar-refractivity contribution in [2.75, 3.05) is 11.9 Å². The first-order valence-electron chi connectivity index (χ1n) is 10.2. The standard InChI is InChI=1S/C24H28ClN3O4/c1-24(2,3)32-23(31)26-14-13-22(30)28-19-9-6-7-17(15-19)16-27-21(29)12-11-18-8-4-5-10-20(18)25/h4-12,15H,13-14,16H2,1-3H3,(H,26,31)(H,27,29)(H,28,30)/b12-11+. The molecule has 3 amide bonds. The maximum atomic E-state index is 12.1. The zero-order valence-corrected chi connectivity index (χ0v) is 19.2. The van der Waals surface area contributed by atoms with Gasteiger partial charge in [-0.1, -0.05) is 41.9 Å². The van der Waals surface area contributed by atoms with Gasteiger partial charge in [-0.25, -0.2) is 4.79 Å². The normalized spacial score (nSPS) is 11.1. The summed E-state index contributed by atoms with van der Waals surface area (Å²) in [6, 6.07) is 14.4. The van der Waals surface area contributed by atoms with Gasteiger partial charge in [-0.05, 0) is 56.2 Å². The van der Waals surface area contributed by atoms with Crippen molar-refractivity contribution in [3.63, 3.8) is 0 Å². The second kappa shape index (κ2) is 11.9. The van der Waals surface area contributed by atoms with Gasteiger partial charge in [0.05, 0.1) is 0 Å². The Labute approximate surface area is 193 Å². The molecular weight excluding hydrogens is 430 g/mol. The maximum Gasteiger partial charge on any atom is 0.407 e. The summed E-state index contributed by atoms with van der Waals surface area (Å²) in [4.78, 5) is 35.8. The first-order chi connectivity index (χ1) is 15.1. The summed E-state index contributed by atoms with van der Waals surface area (Å²) in [7, 11) is 0. The molecule has 8 heteroatoms. The summed E-state index contributed by atoms with van der Waals surface area (Å²) in [5, 5.41) is 8.68. The second-order valence-corrected chi connectivity index (χ2v) is 8.41. The number of hydrogen-bond acceptors (Lipinski definition) is 4. The van der Waals surface area contributed by atoms with Crippen LogP contribution in [0.5, 0.6) is 0 Å². The van der Waals surface area contributed by atoms with Gasteiger partial charge in [-0.2, -0.15) is 0 Å². The predicted molar refractivity (Wildman–Crippen MR) is 126 cm³/mol. The quantitative estimate of drug-likeness (QED) is 0.507. The smallest absolute Gasteiger partial charge is 0.407 e. The molecule has 7 nitrogen and oxygen atoms in total. The van der Waals surface area contributed by atoms with Gasteiger partial charge in [0.1, 0.15) is 5.60 Å². The molecule has 0 aliphatic rings. The number of ether oxygens (including phenoxy) is 1. The van der Waals surface area contributed by atoms with Crippen LogP contribution in [0.2, 0.25) is 5.02 Å². The van der Waals surface area contributed by atoms with Crippen LogP contribution in [-0.2, 0) is 20.9 Å². The molecule has 0 bridgehead atoms. The molecular formula is C24H28ClN3O4. The van der Waals surface area contributed by atoms with Crippen LogP contribution in [-0.4, -0.2) is 30.1 Å². The predicted octanol–water partition coefficient (Wildman–Crippen LogP) is 4.52. The third-order valence-corrected chi connectivity index (χ3v) is 4.36. The molecule has 0 saturated heterocycles. The fourth-order valence-corrected chi connectivity index (χ4v) is 2.80. The largest absolute Gasteiger partial charge is 0.444 e. The van der Waals surface area contributed by atoms with E-state index in [9.17, 15) is 14.4 Å². The van der Waals surface area contributed by atoms with Crippen molar-refractivity contribution < 1.29 is 19.1 Å². The Morgan fingerprint density at radius 2 is 1.78 bits per heavy atom. The Hall–Kier alpha value is -3.32. The van der Waals surface area contributed by atoms with Crippen molar-refractivity contribution in [1.82, 2.24) is 10.6 Å². The molecule has 0 atom stereocenters. The number of rotatable bonds is 8. The highest BCUT2D eigenvalue weighted by Crippen LogP contribution is 2.16. The number of hydrogen-bond donors (Lipinski definition) is 3. The lowest BCUT2D eigenvalue weighted by Crippen LogP contribution is -2.34. The van der Waals surface area contributed by atoms with Gasteiger partial charge in [0.2, 0.25) is 11.8 Å². The van der Waals surface area contributed by atoms with Crippen molar-refractivity contribution in [2.24, 2.45) is 0 Å². The monoisotopic (exact) mass is 457 g/mol. The van der Waals surface area contributed by atoms with E-state index in [1.807, 2.05) is 24.3 Å². The van der Waals surface area contributed by atoms with Gasteiger partial charge in [-0.3, -0.25) is 9.59 Å². The van der Waals surface area contributed by atoms with Gasteiger partial charge in [0.15, 0.2) is 0 Å². The van der Waals surface area contributed by atoms with Gasteiger partial charge in [0, 0.05) is 36.3 Å². The van der Waals surface area contributed by atoms with E-state index >= 15 is 0 Å². The highest BCUT2D eigenvalue weighted by Gasteiger charge is 2.15. The number of nitrogens with one attached hydrogen (secondary N) is 3. The minimum Gasteiger partial charge on any atom is -0.444 e. The number of alkyl carbamates (subject to hydrolysis) is 1. The number of amides is 3. The van der Waals surface area contributed by atoms with E-state index in [4.69, 9.17) is 16.3 Å². The first kappa shape index (κ1) is 24.9. The van der Waals surface area contributed by atoms with Crippen LogP contribution in [0, 0.1) is 0 Å². The molecule has 0 aliphatic carbocycles. The summed E-state index contributed by atoms with van der Waals surface area (Å²) in [5.41, 5.74) is 1.60. The maximum absolute atomic E-state index is 12.1. The zero-order chi connectivity index (χ0) is 23.6. The van der Waals surface area contributed by atoms with E-state index in [0.29, 0.717) is 17.3 Å². The van der Waals surface area contributed by atoms with Gasteiger partial charge < -0.3 is 20.7 Å². The minimum absolute atomic E-state index is 0.104. The molecule has 0 saturated carbocycles. The average molecular weight is 458 g/mol. The van der Waals surface area contributed by atoms with Crippen molar-refractivity contribution in [3.8, 4) is 0 Å². The molecule has 170 valence electrons. The Bertz CT molecular complexity index is 983. The van der Waals surface area contributed by atoms with Crippen LogP contribution in [0.25, 0.3) is 6.08 Å². The molecule has 32 heavy (non-hydrogen) atoms. The van der Waals surface area contributed by atoms with E-state index < -0.39 is 11.7 Å². The van der Waals surface area contributed by atoms with E-state index in [2.05, 4.69) is 16.0 Å². The fourth-order valence-electron chi connectivity index (χ4n) is 2.60. The Balaban J connectivity index is 1.78. The molecule has 2 rings (SSSR count). The number of carbonyl (C=O) groups is 3. The van der Waals surface area contributed by atoms with Gasteiger partial charge in [0.25, 0.3) is 0 Å². The van der Waals surface area contributed by atoms with E-state index in [1.165, 1.54) is 6.08 Å². The highest BCUT2D eigenvalue weighted by atomic mass is 35.5. The summed E-state index contributed by atoms with van der Waals surface area (Å²) >= 11 is 6.07. The van der Waals surface area contributed by atoms with Crippen molar-refractivity contribution in [2.45, 2.75) is 39.3 Å². The Morgan fingerprint density at radius 3 is 2.50 bits per heavy atom. The topological polar surface area (TPSA) is 96.5 Å². The number of halogens is 1. The summed E-state index contributed by atoms with van der Waals surface area (Å²) in [6.07, 6.45) is 2.61.